The van der Waals surface area contributed by atoms with Crippen LogP contribution in [0.3, 0.4) is 0 Å². The van der Waals surface area contributed by atoms with Gasteiger partial charge in [-0.1, -0.05) is 12.1 Å². The zero-order valence-corrected chi connectivity index (χ0v) is 23.6. The number of carbonyl (C=O) groups is 3. The lowest BCUT2D eigenvalue weighted by Gasteiger charge is -2.37. The van der Waals surface area contributed by atoms with Gasteiger partial charge in [-0.15, -0.1) is 0 Å². The van der Waals surface area contributed by atoms with Crippen molar-refractivity contribution in [3.8, 4) is 5.75 Å². The van der Waals surface area contributed by atoms with Gasteiger partial charge < -0.3 is 24.4 Å². The van der Waals surface area contributed by atoms with Crippen LogP contribution in [0.25, 0.3) is 10.9 Å². The number of aromatic nitrogens is 1. The van der Waals surface area contributed by atoms with Gasteiger partial charge in [0.25, 0.3) is 17.6 Å². The average molecular weight is 549 g/mol. The Bertz CT molecular complexity index is 1430. The van der Waals surface area contributed by atoms with Crippen molar-refractivity contribution in [3.63, 3.8) is 0 Å². The van der Waals surface area contributed by atoms with Crippen molar-refractivity contribution >= 4 is 28.5 Å². The number of ether oxygens (including phenoxy) is 1. The highest BCUT2D eigenvalue weighted by molar-refractivity contribution is 6.45. The molecular weight excluding hydrogens is 511 g/mol. The number of nitrogens with zero attached hydrogens (tertiary/aromatic N) is 3. The molecule has 2 saturated heterocycles. The number of ketones is 1. The molecule has 0 spiro atoms. The molecule has 0 aliphatic carbocycles. The van der Waals surface area contributed by atoms with Gasteiger partial charge in [0.2, 0.25) is 0 Å². The summed E-state index contributed by atoms with van der Waals surface area (Å²) in [4.78, 5) is 44.0. The van der Waals surface area contributed by atoms with Crippen LogP contribution in [-0.4, -0.2) is 77.3 Å². The molecule has 2 aliphatic rings. The zero-order valence-electron chi connectivity index (χ0n) is 23.6. The number of fused-ring (bicyclic) bond motifs is 1. The predicted octanol–water partition coefficient (Wildman–Crippen LogP) is 3.81. The number of nitrogens with one attached hydrogen (secondary N) is 1. The fourth-order valence-electron chi connectivity index (χ4n) is 5.94. The van der Waals surface area contributed by atoms with E-state index in [9.17, 15) is 18.8 Å². The molecule has 9 heteroatoms. The fourth-order valence-corrected chi connectivity index (χ4v) is 5.94. The minimum Gasteiger partial charge on any atom is -0.496 e. The fraction of sp³-hybridized carbons (Fsp3) is 0.452. The lowest BCUT2D eigenvalue weighted by Crippen LogP contribution is -2.57. The highest BCUT2D eigenvalue weighted by atomic mass is 19.1. The van der Waals surface area contributed by atoms with E-state index in [1.54, 1.807) is 27.8 Å². The molecule has 2 fully saturated rings. The smallest absolute Gasteiger partial charge is 0.295 e. The highest BCUT2D eigenvalue weighted by Gasteiger charge is 2.33. The third-order valence-corrected chi connectivity index (χ3v) is 8.34. The molecule has 0 saturated carbocycles. The summed E-state index contributed by atoms with van der Waals surface area (Å²) in [5.74, 6) is -0.648. The molecule has 3 heterocycles. The monoisotopic (exact) mass is 548 g/mol. The Morgan fingerprint density at radius 3 is 2.42 bits per heavy atom. The van der Waals surface area contributed by atoms with Crippen molar-refractivity contribution in [3.05, 3.63) is 65.1 Å². The SMILES string of the molecule is COc1cc2c(cc1C(=O)N1CCC(Cc3ccc(F)cc3)CC1)c(C(=O)C(=O)N1C[C@H](C)NC[C@@H]1C)cn2C. The number of amides is 2. The first-order valence-corrected chi connectivity index (χ1v) is 14.0. The third-order valence-electron chi connectivity index (χ3n) is 8.34. The topological polar surface area (TPSA) is 83.9 Å². The maximum absolute atomic E-state index is 13.7. The lowest BCUT2D eigenvalue weighted by molar-refractivity contribution is -0.129. The van der Waals surface area contributed by atoms with Gasteiger partial charge in [-0.3, -0.25) is 14.4 Å². The molecule has 2 amide bonds. The Labute approximate surface area is 234 Å². The number of Topliss-reactive ketones (excluding diaryl/α,β-unsaturated/α-hetero) is 1. The second kappa shape index (κ2) is 11.4. The van der Waals surface area contributed by atoms with E-state index in [2.05, 4.69) is 5.32 Å². The summed E-state index contributed by atoms with van der Waals surface area (Å²) >= 11 is 0. The van der Waals surface area contributed by atoms with Crippen molar-refractivity contribution in [2.75, 3.05) is 33.3 Å². The Balaban J connectivity index is 1.36. The quantitative estimate of drug-likeness (QED) is 0.374. The summed E-state index contributed by atoms with van der Waals surface area (Å²) in [6.07, 6.45) is 4.21. The molecule has 1 N–H and O–H groups in total. The Morgan fingerprint density at radius 2 is 1.75 bits per heavy atom. The molecular formula is C31H37FN4O4. The molecule has 40 heavy (non-hydrogen) atoms. The number of aryl methyl sites for hydroxylation is 1. The highest BCUT2D eigenvalue weighted by Crippen LogP contribution is 2.32. The Hall–Kier alpha value is -3.72. The number of piperidine rings is 1. The minimum absolute atomic E-state index is 0.0918. The van der Waals surface area contributed by atoms with Gasteiger partial charge in [0.15, 0.2) is 0 Å². The predicted molar refractivity (Wildman–Crippen MR) is 151 cm³/mol. The van der Waals surface area contributed by atoms with E-state index in [1.807, 2.05) is 37.9 Å². The van der Waals surface area contributed by atoms with Crippen molar-refractivity contribution < 1.29 is 23.5 Å². The van der Waals surface area contributed by atoms with Crippen LogP contribution in [0.5, 0.6) is 5.75 Å². The number of carbonyl (C=O) groups excluding carboxylic acids is 3. The molecule has 2 aromatic carbocycles. The van der Waals surface area contributed by atoms with Crippen LogP contribution in [-0.2, 0) is 18.3 Å². The first-order valence-electron chi connectivity index (χ1n) is 14.0. The molecule has 212 valence electrons. The number of halogens is 1. The Kier molecular flexibility index (Phi) is 7.94. The van der Waals surface area contributed by atoms with E-state index in [0.29, 0.717) is 54.3 Å². The van der Waals surface area contributed by atoms with Crippen molar-refractivity contribution in [1.82, 2.24) is 19.7 Å². The van der Waals surface area contributed by atoms with E-state index >= 15 is 0 Å². The van der Waals surface area contributed by atoms with E-state index in [4.69, 9.17) is 4.74 Å². The minimum atomic E-state index is -0.572. The number of likely N-dealkylation sites (tertiary alicyclic amines) is 1. The standard InChI is InChI=1S/C31H37FN4O4/c1-19-17-36(20(2)16-33-19)31(39)29(37)26-18-34(3)27-15-28(40-4)25(14-24(26)27)30(38)35-11-9-22(10-12-35)13-21-5-7-23(32)8-6-21/h5-8,14-15,18-20,22,33H,9-13,16-17H2,1-4H3/t19-,20-/m0/s1. The van der Waals surface area contributed by atoms with Gasteiger partial charge in [0, 0.05) is 63.0 Å². The molecule has 2 aliphatic heterocycles. The maximum atomic E-state index is 13.7. The van der Waals surface area contributed by atoms with Crippen LogP contribution in [0.4, 0.5) is 4.39 Å². The van der Waals surface area contributed by atoms with Gasteiger partial charge in [-0.25, -0.2) is 4.39 Å². The van der Waals surface area contributed by atoms with Crippen LogP contribution < -0.4 is 10.1 Å². The molecule has 1 aromatic heterocycles. The van der Waals surface area contributed by atoms with Crippen molar-refractivity contribution in [1.29, 1.82) is 0 Å². The van der Waals surface area contributed by atoms with E-state index in [-0.39, 0.29) is 29.4 Å². The number of rotatable bonds is 6. The lowest BCUT2D eigenvalue weighted by atomic mass is 9.90. The molecule has 0 unspecified atom stereocenters. The molecule has 0 bridgehead atoms. The number of piperazine rings is 1. The molecule has 2 atom stereocenters. The second-order valence-corrected chi connectivity index (χ2v) is 11.2. The van der Waals surface area contributed by atoms with Crippen molar-refractivity contribution in [2.24, 2.45) is 13.0 Å². The summed E-state index contributed by atoms with van der Waals surface area (Å²) in [7, 11) is 3.34. The summed E-state index contributed by atoms with van der Waals surface area (Å²) in [5.41, 5.74) is 2.47. The molecule has 3 aromatic rings. The van der Waals surface area contributed by atoms with Gasteiger partial charge in [-0.2, -0.15) is 0 Å². The van der Waals surface area contributed by atoms with Crippen LogP contribution in [0.1, 0.15) is 53.0 Å². The number of hydrogen-bond acceptors (Lipinski definition) is 5. The first kappa shape index (κ1) is 27.8. The van der Waals surface area contributed by atoms with Crippen molar-refractivity contribution in [2.45, 2.75) is 45.2 Å². The van der Waals surface area contributed by atoms with Gasteiger partial charge in [0.05, 0.1) is 23.8 Å². The molecule has 5 rings (SSSR count). The molecule has 8 nitrogen and oxygen atoms in total. The van der Waals surface area contributed by atoms with Crippen LogP contribution in [0, 0.1) is 11.7 Å². The summed E-state index contributed by atoms with van der Waals surface area (Å²) in [5, 5.41) is 3.89. The first-order chi connectivity index (χ1) is 19.2. The maximum Gasteiger partial charge on any atom is 0.295 e. The van der Waals surface area contributed by atoms with E-state index in [1.165, 1.54) is 19.2 Å². The van der Waals surface area contributed by atoms with Crippen LogP contribution >= 0.6 is 0 Å². The average Bonchev–Trinajstić information content (AvgIpc) is 3.29. The number of benzene rings is 2. The zero-order chi connectivity index (χ0) is 28.6. The Morgan fingerprint density at radius 1 is 1.05 bits per heavy atom. The normalized spacial score (nSPS) is 20.1. The van der Waals surface area contributed by atoms with Gasteiger partial charge >= 0.3 is 0 Å². The summed E-state index contributed by atoms with van der Waals surface area (Å²) in [6.45, 7) is 6.22. The van der Waals surface area contributed by atoms with Crippen LogP contribution in [0.15, 0.2) is 42.6 Å². The second-order valence-electron chi connectivity index (χ2n) is 11.2. The number of methoxy groups -OCH3 is 1. The van der Waals surface area contributed by atoms with Crippen LogP contribution in [0.2, 0.25) is 0 Å². The van der Waals surface area contributed by atoms with E-state index in [0.717, 1.165) is 24.8 Å². The molecule has 0 radical (unpaired) electrons. The summed E-state index contributed by atoms with van der Waals surface area (Å²) < 4.78 is 20.7. The number of hydrogen-bond donors (Lipinski definition) is 1. The third kappa shape index (κ3) is 5.47. The van der Waals surface area contributed by atoms with Gasteiger partial charge in [-0.05, 0) is 62.8 Å². The largest absolute Gasteiger partial charge is 0.496 e. The summed E-state index contributed by atoms with van der Waals surface area (Å²) in [6, 6.07) is 10.1. The van der Waals surface area contributed by atoms with E-state index < -0.39 is 11.7 Å². The van der Waals surface area contributed by atoms with Gasteiger partial charge in [0.1, 0.15) is 11.6 Å².